The zero-order valence-corrected chi connectivity index (χ0v) is 11.7. The fraction of sp³-hybridized carbons (Fsp3) is 0.462. The van der Waals surface area contributed by atoms with Gasteiger partial charge in [-0.2, -0.15) is 0 Å². The summed E-state index contributed by atoms with van der Waals surface area (Å²) >= 11 is 3.07. The molecule has 1 N–H and O–H groups in total. The van der Waals surface area contributed by atoms with E-state index in [2.05, 4.69) is 15.9 Å². The van der Waals surface area contributed by atoms with Crippen molar-refractivity contribution in [1.29, 1.82) is 0 Å². The average molecular weight is 316 g/mol. The standard InChI is InChI=1S/C13H15BrFNO2/c1-13(18)6-3-7-16(8-13)12(17)9-4-2-5-10(14)11(9)15/h2,4-5,18H,3,6-8H2,1H3. The van der Waals surface area contributed by atoms with Gasteiger partial charge >= 0.3 is 0 Å². The summed E-state index contributed by atoms with van der Waals surface area (Å²) in [5.74, 6) is -0.915. The van der Waals surface area contributed by atoms with Crippen LogP contribution < -0.4 is 0 Å². The summed E-state index contributed by atoms with van der Waals surface area (Å²) in [4.78, 5) is 13.7. The van der Waals surface area contributed by atoms with E-state index in [1.54, 1.807) is 19.1 Å². The van der Waals surface area contributed by atoms with Crippen LogP contribution >= 0.6 is 15.9 Å². The molecule has 1 heterocycles. The van der Waals surface area contributed by atoms with Crippen LogP contribution in [0.15, 0.2) is 22.7 Å². The quantitative estimate of drug-likeness (QED) is 0.865. The molecule has 3 nitrogen and oxygen atoms in total. The van der Waals surface area contributed by atoms with Crippen molar-refractivity contribution in [2.75, 3.05) is 13.1 Å². The van der Waals surface area contributed by atoms with Gasteiger partial charge in [0.25, 0.3) is 5.91 Å². The van der Waals surface area contributed by atoms with Crippen LogP contribution in [0.2, 0.25) is 0 Å². The number of halogens is 2. The van der Waals surface area contributed by atoms with Crippen molar-refractivity contribution < 1.29 is 14.3 Å². The molecule has 0 aliphatic carbocycles. The molecule has 1 aliphatic rings. The van der Waals surface area contributed by atoms with E-state index in [1.807, 2.05) is 0 Å². The molecule has 98 valence electrons. The molecule has 1 aromatic carbocycles. The van der Waals surface area contributed by atoms with Crippen LogP contribution in [0.1, 0.15) is 30.1 Å². The minimum atomic E-state index is -0.879. The number of hydrogen-bond donors (Lipinski definition) is 1. The monoisotopic (exact) mass is 315 g/mol. The molecule has 1 aromatic rings. The molecule has 2 rings (SSSR count). The molecule has 0 saturated carbocycles. The van der Waals surface area contributed by atoms with E-state index >= 15 is 0 Å². The zero-order valence-electron chi connectivity index (χ0n) is 10.1. The van der Waals surface area contributed by atoms with Gasteiger partial charge in [0, 0.05) is 13.1 Å². The van der Waals surface area contributed by atoms with Gasteiger partial charge in [0.1, 0.15) is 5.82 Å². The second-order valence-electron chi connectivity index (χ2n) is 4.93. The minimum Gasteiger partial charge on any atom is -0.388 e. The molecule has 1 aliphatic heterocycles. The van der Waals surface area contributed by atoms with Crippen molar-refractivity contribution in [2.24, 2.45) is 0 Å². The molecule has 18 heavy (non-hydrogen) atoms. The van der Waals surface area contributed by atoms with E-state index < -0.39 is 11.4 Å². The van der Waals surface area contributed by atoms with Gasteiger partial charge in [-0.15, -0.1) is 0 Å². The number of likely N-dealkylation sites (tertiary alicyclic amines) is 1. The van der Waals surface area contributed by atoms with Crippen molar-refractivity contribution >= 4 is 21.8 Å². The van der Waals surface area contributed by atoms with Crippen molar-refractivity contribution in [1.82, 2.24) is 4.90 Å². The molecular formula is C13H15BrFNO2. The Bertz CT molecular complexity index is 476. The second kappa shape index (κ2) is 4.97. The second-order valence-corrected chi connectivity index (χ2v) is 5.78. The Morgan fingerprint density at radius 1 is 1.56 bits per heavy atom. The highest BCUT2D eigenvalue weighted by Gasteiger charge is 2.32. The first-order valence-electron chi connectivity index (χ1n) is 5.86. The highest BCUT2D eigenvalue weighted by Crippen LogP contribution is 2.24. The Hall–Kier alpha value is -0.940. The lowest BCUT2D eigenvalue weighted by Gasteiger charge is -2.36. The van der Waals surface area contributed by atoms with Crippen LogP contribution in [0, 0.1) is 5.82 Å². The Morgan fingerprint density at radius 3 is 2.94 bits per heavy atom. The maximum atomic E-state index is 13.8. The molecule has 1 unspecified atom stereocenters. The van der Waals surface area contributed by atoms with Crippen LogP contribution in [0.3, 0.4) is 0 Å². The van der Waals surface area contributed by atoms with Gasteiger partial charge in [0.2, 0.25) is 0 Å². The number of benzene rings is 1. The van der Waals surface area contributed by atoms with E-state index in [4.69, 9.17) is 0 Å². The van der Waals surface area contributed by atoms with E-state index in [0.29, 0.717) is 13.0 Å². The Balaban J connectivity index is 2.23. The van der Waals surface area contributed by atoms with E-state index in [0.717, 1.165) is 6.42 Å². The molecule has 1 fully saturated rings. The third-order valence-corrected chi connectivity index (χ3v) is 3.76. The van der Waals surface area contributed by atoms with Crippen LogP contribution in [-0.2, 0) is 0 Å². The third kappa shape index (κ3) is 2.72. The van der Waals surface area contributed by atoms with Gasteiger partial charge in [-0.1, -0.05) is 6.07 Å². The highest BCUT2D eigenvalue weighted by atomic mass is 79.9. The Kier molecular flexibility index (Phi) is 3.73. The van der Waals surface area contributed by atoms with Gasteiger partial charge in [0.05, 0.1) is 15.6 Å². The number of carbonyl (C=O) groups excluding carboxylic acids is 1. The smallest absolute Gasteiger partial charge is 0.256 e. The Morgan fingerprint density at radius 2 is 2.28 bits per heavy atom. The van der Waals surface area contributed by atoms with Crippen molar-refractivity contribution in [3.8, 4) is 0 Å². The summed E-state index contributed by atoms with van der Waals surface area (Å²) in [5.41, 5.74) is -0.835. The molecule has 1 atom stereocenters. The summed E-state index contributed by atoms with van der Waals surface area (Å²) in [5, 5.41) is 9.97. The minimum absolute atomic E-state index is 0.0436. The van der Waals surface area contributed by atoms with Crippen LogP contribution in [0.25, 0.3) is 0 Å². The fourth-order valence-electron chi connectivity index (χ4n) is 2.23. The summed E-state index contributed by atoms with van der Waals surface area (Å²) in [6.45, 7) is 2.50. The van der Waals surface area contributed by atoms with Gasteiger partial charge in [-0.25, -0.2) is 4.39 Å². The van der Waals surface area contributed by atoms with Crippen LogP contribution in [-0.4, -0.2) is 34.6 Å². The molecule has 5 heteroatoms. The number of piperidine rings is 1. The largest absolute Gasteiger partial charge is 0.388 e. The topological polar surface area (TPSA) is 40.5 Å². The normalized spacial score (nSPS) is 24.1. The first kappa shape index (κ1) is 13.5. The number of amides is 1. The number of rotatable bonds is 1. The lowest BCUT2D eigenvalue weighted by Crippen LogP contribution is -2.48. The van der Waals surface area contributed by atoms with E-state index in [-0.39, 0.29) is 22.5 Å². The predicted molar refractivity (Wildman–Crippen MR) is 69.9 cm³/mol. The van der Waals surface area contributed by atoms with E-state index in [9.17, 15) is 14.3 Å². The van der Waals surface area contributed by atoms with E-state index in [1.165, 1.54) is 11.0 Å². The number of nitrogens with zero attached hydrogens (tertiary/aromatic N) is 1. The average Bonchev–Trinajstić information content (AvgIpc) is 2.30. The third-order valence-electron chi connectivity index (χ3n) is 3.14. The lowest BCUT2D eigenvalue weighted by molar-refractivity contribution is -0.0109. The number of β-amino-alcohol motifs (C(OH)–C–C–N with tert-alkyl or cyclic N) is 1. The maximum absolute atomic E-state index is 13.8. The maximum Gasteiger partial charge on any atom is 0.256 e. The number of carbonyl (C=O) groups is 1. The molecule has 1 saturated heterocycles. The Labute approximate surface area is 114 Å². The van der Waals surface area contributed by atoms with Gasteiger partial charge < -0.3 is 10.0 Å². The fourth-order valence-corrected chi connectivity index (χ4v) is 2.60. The molecule has 0 bridgehead atoms. The van der Waals surface area contributed by atoms with Crippen LogP contribution in [0.5, 0.6) is 0 Å². The molecule has 0 aromatic heterocycles. The number of hydrogen-bond acceptors (Lipinski definition) is 2. The molecular weight excluding hydrogens is 301 g/mol. The summed E-state index contributed by atoms with van der Waals surface area (Å²) in [6, 6.07) is 4.65. The van der Waals surface area contributed by atoms with Gasteiger partial charge in [-0.05, 0) is 47.8 Å². The molecule has 1 amide bonds. The van der Waals surface area contributed by atoms with Crippen molar-refractivity contribution in [3.63, 3.8) is 0 Å². The highest BCUT2D eigenvalue weighted by molar-refractivity contribution is 9.10. The SMILES string of the molecule is CC1(O)CCCN(C(=O)c2cccc(Br)c2F)C1. The molecule has 0 radical (unpaired) electrons. The summed E-state index contributed by atoms with van der Waals surface area (Å²) < 4.78 is 14.1. The summed E-state index contributed by atoms with van der Waals surface area (Å²) in [6.07, 6.45) is 1.39. The zero-order chi connectivity index (χ0) is 13.3. The first-order chi connectivity index (χ1) is 8.41. The number of aliphatic hydroxyl groups is 1. The molecule has 0 spiro atoms. The van der Waals surface area contributed by atoms with Crippen LogP contribution in [0.4, 0.5) is 4.39 Å². The van der Waals surface area contributed by atoms with Crippen molar-refractivity contribution in [2.45, 2.75) is 25.4 Å². The van der Waals surface area contributed by atoms with Gasteiger partial charge in [-0.3, -0.25) is 4.79 Å². The predicted octanol–water partition coefficient (Wildman–Crippen LogP) is 2.58. The van der Waals surface area contributed by atoms with Crippen molar-refractivity contribution in [3.05, 3.63) is 34.1 Å². The summed E-state index contributed by atoms with van der Waals surface area (Å²) in [7, 11) is 0. The van der Waals surface area contributed by atoms with Gasteiger partial charge in [0.15, 0.2) is 0 Å². The lowest BCUT2D eigenvalue weighted by atomic mass is 9.94. The first-order valence-corrected chi connectivity index (χ1v) is 6.66.